The molecule has 1 heterocycles. The molecule has 20 heavy (non-hydrogen) atoms. The first kappa shape index (κ1) is 13.9. The Bertz CT molecular complexity index is 678. The van der Waals surface area contributed by atoms with E-state index in [0.29, 0.717) is 18.1 Å². The lowest BCUT2D eigenvalue weighted by atomic mass is 10.2. The van der Waals surface area contributed by atoms with Crippen molar-refractivity contribution < 1.29 is 9.53 Å². The van der Waals surface area contributed by atoms with Crippen molar-refractivity contribution in [3.8, 4) is 0 Å². The summed E-state index contributed by atoms with van der Waals surface area (Å²) in [5.41, 5.74) is 1.33. The molecule has 2 rings (SSSR count). The zero-order valence-electron chi connectivity index (χ0n) is 11.4. The predicted octanol–water partition coefficient (Wildman–Crippen LogP) is 3.79. The van der Waals surface area contributed by atoms with Gasteiger partial charge in [-0.05, 0) is 32.0 Å². The highest BCUT2D eigenvalue weighted by molar-refractivity contribution is 5.82. The van der Waals surface area contributed by atoms with E-state index in [1.807, 2.05) is 30.3 Å². The van der Waals surface area contributed by atoms with E-state index in [1.165, 1.54) is 6.08 Å². The van der Waals surface area contributed by atoms with Crippen LogP contribution in [0.25, 0.3) is 10.9 Å². The van der Waals surface area contributed by atoms with Crippen LogP contribution in [-0.4, -0.2) is 17.6 Å². The number of benzene rings is 1. The second kappa shape index (κ2) is 6.56. The Morgan fingerprint density at radius 1 is 1.30 bits per heavy atom. The van der Waals surface area contributed by atoms with Gasteiger partial charge in [0.25, 0.3) is 0 Å². The van der Waals surface area contributed by atoms with Crippen molar-refractivity contribution in [2.45, 2.75) is 13.8 Å². The average Bonchev–Trinajstić information content (AvgIpc) is 2.45. The van der Waals surface area contributed by atoms with Crippen molar-refractivity contribution in [2.75, 3.05) is 6.61 Å². The third kappa shape index (κ3) is 3.71. The molecule has 0 fully saturated rings. The van der Waals surface area contributed by atoms with Gasteiger partial charge in [-0.2, -0.15) is 5.11 Å². The highest BCUT2D eigenvalue weighted by atomic mass is 16.5. The number of rotatable bonds is 4. The zero-order chi connectivity index (χ0) is 14.4. The molecule has 5 heteroatoms. The molecule has 0 aliphatic carbocycles. The van der Waals surface area contributed by atoms with Gasteiger partial charge in [-0.1, -0.05) is 18.2 Å². The molecule has 0 amide bonds. The molecule has 0 radical (unpaired) electrons. The summed E-state index contributed by atoms with van der Waals surface area (Å²) in [5, 5.41) is 9.00. The summed E-state index contributed by atoms with van der Waals surface area (Å²) in [6.07, 6.45) is 1.30. The SMILES string of the molecule is CCOC(=O)/C=C(\C)N=Nc1ccc2ccccc2n1. The largest absolute Gasteiger partial charge is 0.463 e. The summed E-state index contributed by atoms with van der Waals surface area (Å²) in [7, 11) is 0. The summed E-state index contributed by atoms with van der Waals surface area (Å²) in [6, 6.07) is 11.5. The van der Waals surface area contributed by atoms with Crippen molar-refractivity contribution in [3.63, 3.8) is 0 Å². The average molecular weight is 269 g/mol. The van der Waals surface area contributed by atoms with Crippen LogP contribution in [0.1, 0.15) is 13.8 Å². The van der Waals surface area contributed by atoms with Crippen LogP contribution in [0.4, 0.5) is 5.82 Å². The second-order valence-corrected chi connectivity index (χ2v) is 4.10. The molecule has 2 aromatic rings. The summed E-state index contributed by atoms with van der Waals surface area (Å²) in [6.45, 7) is 3.77. The molecule has 5 nitrogen and oxygen atoms in total. The highest BCUT2D eigenvalue weighted by Gasteiger charge is 1.98. The number of hydrogen-bond donors (Lipinski definition) is 0. The van der Waals surface area contributed by atoms with Crippen molar-refractivity contribution in [1.82, 2.24) is 4.98 Å². The van der Waals surface area contributed by atoms with E-state index in [9.17, 15) is 4.79 Å². The first-order valence-electron chi connectivity index (χ1n) is 6.31. The molecule has 0 aliphatic rings. The number of aromatic nitrogens is 1. The molecule has 102 valence electrons. The quantitative estimate of drug-likeness (QED) is 0.482. The van der Waals surface area contributed by atoms with Crippen LogP contribution in [-0.2, 0) is 9.53 Å². The number of ether oxygens (including phenoxy) is 1. The maximum absolute atomic E-state index is 11.2. The van der Waals surface area contributed by atoms with E-state index in [4.69, 9.17) is 4.74 Å². The van der Waals surface area contributed by atoms with E-state index < -0.39 is 5.97 Å². The minimum absolute atomic E-state index is 0.339. The molecule has 0 saturated heterocycles. The first-order chi connectivity index (χ1) is 9.69. The van der Waals surface area contributed by atoms with E-state index in [-0.39, 0.29) is 0 Å². The molecular weight excluding hydrogens is 254 g/mol. The lowest BCUT2D eigenvalue weighted by Gasteiger charge is -1.98. The molecule has 1 aromatic heterocycles. The van der Waals surface area contributed by atoms with E-state index in [0.717, 1.165) is 10.9 Å². The Labute approximate surface area is 117 Å². The van der Waals surface area contributed by atoms with Crippen LogP contribution in [0.2, 0.25) is 0 Å². The number of esters is 1. The van der Waals surface area contributed by atoms with Gasteiger partial charge in [-0.25, -0.2) is 9.78 Å². The number of para-hydroxylation sites is 1. The Kier molecular flexibility index (Phi) is 4.55. The van der Waals surface area contributed by atoms with Gasteiger partial charge in [0.2, 0.25) is 0 Å². The molecule has 0 N–H and O–H groups in total. The van der Waals surface area contributed by atoms with Crippen LogP contribution in [0, 0.1) is 0 Å². The van der Waals surface area contributed by atoms with Gasteiger partial charge in [0.05, 0.1) is 17.8 Å². The second-order valence-electron chi connectivity index (χ2n) is 4.10. The van der Waals surface area contributed by atoms with Crippen LogP contribution >= 0.6 is 0 Å². The van der Waals surface area contributed by atoms with E-state index in [1.54, 1.807) is 19.9 Å². The molecule has 0 spiro atoms. The monoisotopic (exact) mass is 269 g/mol. The minimum Gasteiger partial charge on any atom is -0.463 e. The Balaban J connectivity index is 2.15. The van der Waals surface area contributed by atoms with Gasteiger partial charge < -0.3 is 4.74 Å². The van der Waals surface area contributed by atoms with Crippen molar-refractivity contribution in [1.29, 1.82) is 0 Å². The number of azo groups is 1. The number of pyridine rings is 1. The number of carbonyl (C=O) groups is 1. The highest BCUT2D eigenvalue weighted by Crippen LogP contribution is 2.17. The number of carbonyl (C=O) groups excluding carboxylic acids is 1. The van der Waals surface area contributed by atoms with Gasteiger partial charge in [-0.3, -0.25) is 0 Å². The smallest absolute Gasteiger partial charge is 0.332 e. The molecule has 0 atom stereocenters. The van der Waals surface area contributed by atoms with Gasteiger partial charge >= 0.3 is 5.97 Å². The lowest BCUT2D eigenvalue weighted by Crippen LogP contribution is -1.99. The maximum Gasteiger partial charge on any atom is 0.332 e. The van der Waals surface area contributed by atoms with Crippen molar-refractivity contribution >= 4 is 22.7 Å². The fourth-order valence-corrected chi connectivity index (χ4v) is 1.62. The third-order valence-corrected chi connectivity index (χ3v) is 2.51. The topological polar surface area (TPSA) is 63.9 Å². The lowest BCUT2D eigenvalue weighted by molar-refractivity contribution is -0.137. The Morgan fingerprint density at radius 3 is 2.90 bits per heavy atom. The van der Waals surface area contributed by atoms with Crippen LogP contribution in [0.3, 0.4) is 0 Å². The first-order valence-corrected chi connectivity index (χ1v) is 6.31. The van der Waals surface area contributed by atoms with Gasteiger partial charge in [-0.15, -0.1) is 5.11 Å². The Hall–Kier alpha value is -2.56. The summed E-state index contributed by atoms with van der Waals surface area (Å²) in [5.74, 6) is 0.0794. The predicted molar refractivity (Wildman–Crippen MR) is 76.6 cm³/mol. The van der Waals surface area contributed by atoms with Gasteiger partial charge in [0, 0.05) is 11.5 Å². The summed E-state index contributed by atoms with van der Waals surface area (Å²) >= 11 is 0. The third-order valence-electron chi connectivity index (χ3n) is 2.51. The zero-order valence-corrected chi connectivity index (χ0v) is 11.4. The van der Waals surface area contributed by atoms with Gasteiger partial charge in [0.15, 0.2) is 5.82 Å². The van der Waals surface area contributed by atoms with Gasteiger partial charge in [0.1, 0.15) is 0 Å². The van der Waals surface area contributed by atoms with Crippen LogP contribution in [0.15, 0.2) is 58.4 Å². The van der Waals surface area contributed by atoms with Crippen LogP contribution in [0.5, 0.6) is 0 Å². The number of hydrogen-bond acceptors (Lipinski definition) is 5. The standard InChI is InChI=1S/C15H15N3O2/c1-3-20-15(19)10-11(2)17-18-14-9-8-12-6-4-5-7-13(12)16-14/h4-10H,3H2,1-2H3/b11-10+,18-17?. The summed E-state index contributed by atoms with van der Waals surface area (Å²) in [4.78, 5) is 15.6. The number of nitrogens with zero attached hydrogens (tertiary/aromatic N) is 3. The minimum atomic E-state index is -0.421. The summed E-state index contributed by atoms with van der Waals surface area (Å²) < 4.78 is 4.79. The molecule has 0 bridgehead atoms. The van der Waals surface area contributed by atoms with Crippen molar-refractivity contribution in [3.05, 3.63) is 48.2 Å². The molecule has 1 aromatic carbocycles. The Morgan fingerprint density at radius 2 is 2.10 bits per heavy atom. The number of fused-ring (bicyclic) bond motifs is 1. The normalized spacial score (nSPS) is 12.0. The maximum atomic E-state index is 11.2. The van der Waals surface area contributed by atoms with Crippen molar-refractivity contribution in [2.24, 2.45) is 10.2 Å². The fraction of sp³-hybridized carbons (Fsp3) is 0.200. The molecular formula is C15H15N3O2. The van der Waals surface area contributed by atoms with Crippen LogP contribution < -0.4 is 0 Å². The fourth-order valence-electron chi connectivity index (χ4n) is 1.62. The molecule has 0 aliphatic heterocycles. The van der Waals surface area contributed by atoms with E-state index >= 15 is 0 Å². The molecule has 0 saturated carbocycles. The van der Waals surface area contributed by atoms with E-state index in [2.05, 4.69) is 15.2 Å². The molecule has 0 unspecified atom stereocenters. The number of allylic oxidation sites excluding steroid dienone is 1.